The largest absolute Gasteiger partial charge is 0.496 e. The van der Waals surface area contributed by atoms with E-state index in [1.165, 1.54) is 18.7 Å². The van der Waals surface area contributed by atoms with Gasteiger partial charge in [0.05, 0.1) is 23.9 Å². The number of hydrogen-bond acceptors (Lipinski definition) is 5. The minimum atomic E-state index is -0.702. The maximum atomic E-state index is 13.2. The molecule has 4 rings (SSSR count). The number of methoxy groups -OCH3 is 1. The van der Waals surface area contributed by atoms with E-state index in [-0.39, 0.29) is 11.5 Å². The Bertz CT molecular complexity index is 1250. The SMILES string of the molecule is CCSc1n[n+]2c(c(=O)[nH]1)-c1cc(Br)ccc1N(C(C)=O)[C@H]2c1cc(Br)ccc1OC. The molecule has 0 unspecified atom stereocenters. The minimum absolute atomic E-state index is 0.180. The van der Waals surface area contributed by atoms with Crippen molar-refractivity contribution in [2.24, 2.45) is 0 Å². The molecule has 0 fully saturated rings. The van der Waals surface area contributed by atoms with Crippen LogP contribution in [0.4, 0.5) is 5.69 Å². The average Bonchev–Trinajstić information content (AvgIpc) is 2.72. The van der Waals surface area contributed by atoms with Gasteiger partial charge >= 0.3 is 11.3 Å². The number of thioether (sulfide) groups is 1. The van der Waals surface area contributed by atoms with Crippen LogP contribution in [-0.4, -0.2) is 28.9 Å². The summed E-state index contributed by atoms with van der Waals surface area (Å²) >= 11 is 8.42. The van der Waals surface area contributed by atoms with Gasteiger partial charge in [-0.1, -0.05) is 50.5 Å². The number of fused-ring (bicyclic) bond motifs is 3. The van der Waals surface area contributed by atoms with Crippen molar-refractivity contribution in [3.05, 3.63) is 61.3 Å². The lowest BCUT2D eigenvalue weighted by atomic mass is 10.0. The van der Waals surface area contributed by atoms with E-state index in [1.54, 1.807) is 16.7 Å². The van der Waals surface area contributed by atoms with Crippen LogP contribution in [0, 0.1) is 0 Å². The Kier molecular flexibility index (Phi) is 6.23. The summed E-state index contributed by atoms with van der Waals surface area (Å²) in [4.78, 5) is 30.7. The van der Waals surface area contributed by atoms with Gasteiger partial charge < -0.3 is 4.74 Å². The van der Waals surface area contributed by atoms with Gasteiger partial charge in [0.1, 0.15) is 5.75 Å². The number of halogens is 2. The highest BCUT2D eigenvalue weighted by Crippen LogP contribution is 2.41. The first-order chi connectivity index (χ1) is 14.8. The van der Waals surface area contributed by atoms with E-state index in [0.29, 0.717) is 33.4 Å². The molecule has 0 radical (unpaired) electrons. The Morgan fingerprint density at radius 1 is 1.26 bits per heavy atom. The first kappa shape index (κ1) is 22.0. The van der Waals surface area contributed by atoms with Gasteiger partial charge in [-0.05, 0) is 46.8 Å². The van der Waals surface area contributed by atoms with E-state index in [1.807, 2.05) is 43.3 Å². The van der Waals surface area contributed by atoms with Crippen molar-refractivity contribution in [2.45, 2.75) is 25.2 Å². The number of hydrogen-bond donors (Lipinski definition) is 1. The number of aromatic nitrogens is 3. The molecule has 2 heterocycles. The molecule has 0 aliphatic carbocycles. The number of nitrogens with one attached hydrogen (secondary N) is 1. The molecule has 1 aliphatic rings. The maximum Gasteiger partial charge on any atom is 0.325 e. The predicted molar refractivity (Wildman–Crippen MR) is 127 cm³/mol. The van der Waals surface area contributed by atoms with Crippen LogP contribution in [0.5, 0.6) is 5.75 Å². The lowest BCUT2D eigenvalue weighted by molar-refractivity contribution is -0.763. The number of ether oxygens (including phenoxy) is 1. The van der Waals surface area contributed by atoms with Gasteiger partial charge in [0.15, 0.2) is 0 Å². The second-order valence-electron chi connectivity index (χ2n) is 6.80. The van der Waals surface area contributed by atoms with Crippen molar-refractivity contribution in [3.8, 4) is 17.0 Å². The summed E-state index contributed by atoms with van der Waals surface area (Å²) in [6.45, 7) is 3.49. The first-order valence-corrected chi connectivity index (χ1v) is 12.0. The minimum Gasteiger partial charge on any atom is -0.496 e. The monoisotopic (exact) mass is 565 g/mol. The van der Waals surface area contributed by atoms with Crippen LogP contribution >= 0.6 is 43.6 Å². The molecule has 10 heteroatoms. The molecule has 1 amide bonds. The van der Waals surface area contributed by atoms with Crippen molar-refractivity contribution in [2.75, 3.05) is 17.8 Å². The molecular weight excluding hydrogens is 548 g/mol. The fourth-order valence-corrected chi connectivity index (χ4v) is 5.05. The smallest absolute Gasteiger partial charge is 0.325 e. The van der Waals surface area contributed by atoms with E-state index in [0.717, 1.165) is 14.7 Å². The molecule has 160 valence electrons. The zero-order valence-electron chi connectivity index (χ0n) is 17.0. The molecule has 2 aromatic carbocycles. The van der Waals surface area contributed by atoms with Crippen LogP contribution in [0.2, 0.25) is 0 Å². The number of nitrogens with zero attached hydrogens (tertiary/aromatic N) is 3. The predicted octanol–water partition coefficient (Wildman–Crippen LogP) is 4.28. The first-order valence-electron chi connectivity index (χ1n) is 9.47. The molecule has 0 saturated carbocycles. The molecule has 0 saturated heterocycles. The van der Waals surface area contributed by atoms with E-state index < -0.39 is 6.17 Å². The summed E-state index contributed by atoms with van der Waals surface area (Å²) < 4.78 is 8.86. The maximum absolute atomic E-state index is 13.2. The highest BCUT2D eigenvalue weighted by Gasteiger charge is 2.46. The van der Waals surface area contributed by atoms with Gasteiger partial charge in [-0.2, -0.15) is 0 Å². The Labute approximate surface area is 200 Å². The highest BCUT2D eigenvalue weighted by atomic mass is 79.9. The lowest BCUT2D eigenvalue weighted by Crippen LogP contribution is -2.60. The topological polar surface area (TPSA) is 79.2 Å². The van der Waals surface area contributed by atoms with Crippen molar-refractivity contribution >= 4 is 55.2 Å². The average molecular weight is 567 g/mol. The van der Waals surface area contributed by atoms with E-state index in [4.69, 9.17) is 9.84 Å². The molecule has 7 nitrogen and oxygen atoms in total. The van der Waals surface area contributed by atoms with E-state index in [2.05, 4.69) is 36.8 Å². The van der Waals surface area contributed by atoms with Gasteiger partial charge in [0, 0.05) is 21.0 Å². The van der Waals surface area contributed by atoms with Crippen LogP contribution < -0.4 is 19.9 Å². The van der Waals surface area contributed by atoms with Crippen molar-refractivity contribution in [3.63, 3.8) is 0 Å². The number of amides is 1. The van der Waals surface area contributed by atoms with Crippen LogP contribution in [-0.2, 0) is 4.79 Å². The fourth-order valence-electron chi connectivity index (χ4n) is 3.73. The van der Waals surface area contributed by atoms with E-state index in [9.17, 15) is 9.59 Å². The summed E-state index contributed by atoms with van der Waals surface area (Å²) in [5, 5.41) is 5.22. The number of rotatable bonds is 4. The van der Waals surface area contributed by atoms with Crippen LogP contribution in [0.3, 0.4) is 0 Å². The summed E-state index contributed by atoms with van der Waals surface area (Å²) in [5.41, 5.74) is 2.06. The normalized spacial score (nSPS) is 14.7. The van der Waals surface area contributed by atoms with Gasteiger partial charge in [-0.15, -0.1) is 0 Å². The molecule has 0 bridgehead atoms. The van der Waals surface area contributed by atoms with E-state index >= 15 is 0 Å². The summed E-state index contributed by atoms with van der Waals surface area (Å²) in [7, 11) is 1.58. The number of carbonyl (C=O) groups is 1. The summed E-state index contributed by atoms with van der Waals surface area (Å²) in [6.07, 6.45) is -0.702. The third-order valence-corrected chi connectivity index (χ3v) is 6.64. The highest BCUT2D eigenvalue weighted by molar-refractivity contribution is 9.10. The Hall–Kier alpha value is -2.17. The Morgan fingerprint density at radius 3 is 2.65 bits per heavy atom. The molecule has 1 N–H and O–H groups in total. The molecule has 3 aromatic rings. The quantitative estimate of drug-likeness (QED) is 0.376. The standard InChI is InChI=1S/C21H18Br2N4O3S/c1-4-31-21-24-19(29)18-14-9-12(22)5-7-16(14)26(11(2)28)20(27(18)25-21)15-10-13(23)6-8-17(15)30-3/h5-10,20H,4H2,1-3H3/p+1/t20-/m1/s1. The molecule has 0 spiro atoms. The number of benzene rings is 2. The van der Waals surface area contributed by atoms with Crippen LogP contribution in [0.25, 0.3) is 11.3 Å². The fraction of sp³-hybridized carbons (Fsp3) is 0.238. The van der Waals surface area contributed by atoms with Crippen LogP contribution in [0.1, 0.15) is 25.6 Å². The van der Waals surface area contributed by atoms with Gasteiger partial charge in [-0.25, -0.2) is 4.90 Å². The van der Waals surface area contributed by atoms with Gasteiger partial charge in [0.2, 0.25) is 11.1 Å². The van der Waals surface area contributed by atoms with Gasteiger partial charge in [-0.3, -0.25) is 14.6 Å². The van der Waals surface area contributed by atoms with Crippen molar-refractivity contribution < 1.29 is 14.2 Å². The lowest BCUT2D eigenvalue weighted by Gasteiger charge is -2.32. The molecule has 1 aliphatic heterocycles. The zero-order valence-corrected chi connectivity index (χ0v) is 21.0. The zero-order chi connectivity index (χ0) is 22.3. The molecule has 1 aromatic heterocycles. The Balaban J connectivity index is 2.12. The third-order valence-electron chi connectivity index (χ3n) is 4.90. The summed E-state index contributed by atoms with van der Waals surface area (Å²) in [5.74, 6) is 1.15. The number of anilines is 1. The summed E-state index contributed by atoms with van der Waals surface area (Å²) in [6, 6.07) is 11.1. The van der Waals surface area contributed by atoms with Gasteiger partial charge in [0.25, 0.3) is 6.17 Å². The molecule has 31 heavy (non-hydrogen) atoms. The second kappa shape index (κ2) is 8.76. The third kappa shape index (κ3) is 3.92. The van der Waals surface area contributed by atoms with Crippen molar-refractivity contribution in [1.82, 2.24) is 10.1 Å². The molecule has 1 atom stereocenters. The van der Waals surface area contributed by atoms with Crippen molar-refractivity contribution in [1.29, 1.82) is 0 Å². The molecular formula is C21H19Br2N4O3S+. The Morgan fingerprint density at radius 2 is 1.97 bits per heavy atom. The van der Waals surface area contributed by atoms with Crippen LogP contribution in [0.15, 0.2) is 55.3 Å². The number of H-pyrrole nitrogens is 1. The number of carbonyl (C=O) groups excluding carboxylic acids is 1. The number of aromatic amines is 1. The second-order valence-corrected chi connectivity index (χ2v) is 9.88.